The van der Waals surface area contributed by atoms with E-state index in [1.807, 2.05) is 0 Å². The van der Waals surface area contributed by atoms with Crippen molar-refractivity contribution in [3.63, 3.8) is 0 Å². The second-order valence-electron chi connectivity index (χ2n) is 1.79. The van der Waals surface area contributed by atoms with Crippen molar-refractivity contribution in [1.82, 2.24) is 0 Å². The van der Waals surface area contributed by atoms with Crippen LogP contribution in [0.4, 0.5) is 0 Å². The Morgan fingerprint density at radius 2 is 2.25 bits per heavy atom. The highest BCUT2D eigenvalue weighted by atomic mass is 16.3. The van der Waals surface area contributed by atoms with Gasteiger partial charge in [-0.2, -0.15) is 0 Å². The summed E-state index contributed by atoms with van der Waals surface area (Å²) in [6.45, 7) is 3.05. The van der Waals surface area contributed by atoms with Crippen LogP contribution in [-0.2, 0) is 0 Å². The number of nitrogens with one attached hydrogen (secondary N) is 1. The Labute approximate surface area is 50.3 Å². The van der Waals surface area contributed by atoms with Gasteiger partial charge in [-0.1, -0.05) is 13.3 Å². The molecule has 0 saturated heterocycles. The molecule has 0 aliphatic carbocycles. The average molecular weight is 116 g/mol. The molecule has 0 aliphatic heterocycles. The lowest BCUT2D eigenvalue weighted by Crippen LogP contribution is -2.68. The van der Waals surface area contributed by atoms with Crippen molar-refractivity contribution in [3.05, 3.63) is 0 Å². The second-order valence-corrected chi connectivity index (χ2v) is 1.79. The van der Waals surface area contributed by atoms with E-state index in [0.717, 1.165) is 19.4 Å². The lowest BCUT2D eigenvalue weighted by atomic mass is 10.3. The van der Waals surface area contributed by atoms with Gasteiger partial charge in [0, 0.05) is 6.42 Å². The molecule has 0 aliphatic rings. The first kappa shape index (κ1) is 7.47. The maximum absolute atomic E-state index is 8.13. The molecule has 0 atom stereocenters. The van der Waals surface area contributed by atoms with Gasteiger partial charge in [0.1, 0.15) is 6.54 Å². The van der Waals surface area contributed by atoms with Crippen LogP contribution in [0.25, 0.3) is 0 Å². The smallest absolute Gasteiger partial charge is 0.319 e. The van der Waals surface area contributed by atoms with Crippen LogP contribution < -0.4 is 4.99 Å². The molecule has 0 unspecified atom stereocenters. The van der Waals surface area contributed by atoms with Crippen molar-refractivity contribution in [2.45, 2.75) is 26.2 Å². The predicted octanol–water partition coefficient (Wildman–Crippen LogP) is -0.157. The van der Waals surface area contributed by atoms with E-state index >= 15 is 0 Å². The molecular formula is C6H14NO+. The van der Waals surface area contributed by atoms with Gasteiger partial charge in [-0.05, 0) is 6.42 Å². The zero-order valence-corrected chi connectivity index (χ0v) is 5.35. The number of aliphatic hydroxyl groups is 1. The quantitative estimate of drug-likeness (QED) is 0.299. The van der Waals surface area contributed by atoms with Gasteiger partial charge in [0.05, 0.1) is 0 Å². The third-order valence-corrected chi connectivity index (χ3v) is 1.02. The van der Waals surface area contributed by atoms with Crippen LogP contribution in [0, 0.1) is 0 Å². The number of unbranched alkanes of at least 4 members (excludes halogenated alkanes) is 2. The van der Waals surface area contributed by atoms with Gasteiger partial charge in [-0.15, -0.1) is 0 Å². The summed E-state index contributed by atoms with van der Waals surface area (Å²) in [6.07, 6.45) is 4.61. The summed E-state index contributed by atoms with van der Waals surface area (Å²) >= 11 is 0. The molecule has 0 bridgehead atoms. The van der Waals surface area contributed by atoms with Crippen LogP contribution in [0.2, 0.25) is 0 Å². The molecular weight excluding hydrogens is 102 g/mol. The first-order chi connectivity index (χ1) is 3.91. The van der Waals surface area contributed by atoms with E-state index in [4.69, 9.17) is 5.11 Å². The van der Waals surface area contributed by atoms with E-state index in [0.29, 0.717) is 0 Å². The van der Waals surface area contributed by atoms with Crippen molar-refractivity contribution >= 4 is 6.40 Å². The summed E-state index contributed by atoms with van der Waals surface area (Å²) in [5.74, 6) is 0. The highest BCUT2D eigenvalue weighted by Gasteiger charge is 1.83. The van der Waals surface area contributed by atoms with Crippen molar-refractivity contribution in [2.24, 2.45) is 0 Å². The van der Waals surface area contributed by atoms with Crippen molar-refractivity contribution in [2.75, 3.05) is 6.54 Å². The van der Waals surface area contributed by atoms with Crippen molar-refractivity contribution < 1.29 is 10.1 Å². The van der Waals surface area contributed by atoms with Crippen molar-refractivity contribution in [3.8, 4) is 0 Å². The molecule has 48 valence electrons. The van der Waals surface area contributed by atoms with Gasteiger partial charge in [-0.3, -0.25) is 0 Å². The summed E-state index contributed by atoms with van der Waals surface area (Å²) in [4.78, 5) is 2.71. The lowest BCUT2D eigenvalue weighted by Gasteiger charge is -1.84. The van der Waals surface area contributed by atoms with Crippen LogP contribution in [-0.4, -0.2) is 18.1 Å². The van der Waals surface area contributed by atoms with E-state index in [1.54, 1.807) is 0 Å². The molecule has 2 N–H and O–H groups in total. The third-order valence-electron chi connectivity index (χ3n) is 1.02. The molecule has 0 amide bonds. The van der Waals surface area contributed by atoms with E-state index in [2.05, 4.69) is 11.9 Å². The molecule has 0 aromatic rings. The number of rotatable bonds is 4. The fourth-order valence-electron chi connectivity index (χ4n) is 0.542. The molecule has 2 heteroatoms. The normalized spacial score (nSPS) is 10.6. The summed E-state index contributed by atoms with van der Waals surface area (Å²) < 4.78 is 0. The van der Waals surface area contributed by atoms with E-state index in [-0.39, 0.29) is 0 Å². The average Bonchev–Trinajstić information content (AvgIpc) is 1.81. The zero-order valence-electron chi connectivity index (χ0n) is 5.35. The molecule has 0 spiro atoms. The first-order valence-electron chi connectivity index (χ1n) is 3.11. The maximum atomic E-state index is 8.13. The van der Waals surface area contributed by atoms with Gasteiger partial charge in [0.25, 0.3) is 0 Å². The van der Waals surface area contributed by atoms with E-state index < -0.39 is 0 Å². The van der Waals surface area contributed by atoms with Crippen LogP contribution in [0.1, 0.15) is 26.2 Å². The molecule has 8 heavy (non-hydrogen) atoms. The SMILES string of the molecule is CCCCC[NH+]=CO. The maximum Gasteiger partial charge on any atom is 0.319 e. The molecule has 0 aromatic heterocycles. The largest absolute Gasteiger partial charge is 0.466 e. The number of hydrogen-bond donors (Lipinski definition) is 2. The molecule has 0 heterocycles. The fraction of sp³-hybridized carbons (Fsp3) is 0.833. The fourth-order valence-corrected chi connectivity index (χ4v) is 0.542. The molecule has 0 saturated carbocycles. The van der Waals surface area contributed by atoms with Crippen molar-refractivity contribution in [1.29, 1.82) is 0 Å². The van der Waals surface area contributed by atoms with E-state index in [1.165, 1.54) is 12.8 Å². The Morgan fingerprint density at radius 1 is 1.50 bits per heavy atom. The summed E-state index contributed by atoms with van der Waals surface area (Å²) in [5.41, 5.74) is 0. The predicted molar refractivity (Wildman–Crippen MR) is 34.0 cm³/mol. The Kier molecular flexibility index (Phi) is 6.04. The first-order valence-corrected chi connectivity index (χ1v) is 3.11. The van der Waals surface area contributed by atoms with Crippen LogP contribution in [0.15, 0.2) is 0 Å². The van der Waals surface area contributed by atoms with Gasteiger partial charge < -0.3 is 5.11 Å². The standard InChI is InChI=1S/C6H13NO/c1-2-3-4-5-7-6-8/h6H,2-5H2,1H3,(H,7,8)/p+1. The molecule has 0 fully saturated rings. The number of hydrogen-bond acceptors (Lipinski definition) is 0. The topological polar surface area (TPSA) is 34.2 Å². The highest BCUT2D eigenvalue weighted by Crippen LogP contribution is 1.87. The molecule has 0 radical (unpaired) electrons. The Balaban J connectivity index is 2.72. The minimum absolute atomic E-state index is 0.893. The Morgan fingerprint density at radius 3 is 2.75 bits per heavy atom. The summed E-state index contributed by atoms with van der Waals surface area (Å²) in [6, 6.07) is 0. The monoisotopic (exact) mass is 116 g/mol. The highest BCUT2D eigenvalue weighted by molar-refractivity contribution is 5.33. The van der Waals surface area contributed by atoms with Gasteiger partial charge >= 0.3 is 6.40 Å². The summed E-state index contributed by atoms with van der Waals surface area (Å²) in [5, 5.41) is 8.13. The van der Waals surface area contributed by atoms with Gasteiger partial charge in [-0.25, -0.2) is 4.99 Å². The lowest BCUT2D eigenvalue weighted by molar-refractivity contribution is -0.460. The van der Waals surface area contributed by atoms with Crippen LogP contribution in [0.5, 0.6) is 0 Å². The molecule has 2 nitrogen and oxygen atoms in total. The second kappa shape index (κ2) is 6.47. The van der Waals surface area contributed by atoms with E-state index in [9.17, 15) is 0 Å². The van der Waals surface area contributed by atoms with Gasteiger partial charge in [0.15, 0.2) is 0 Å². The summed E-state index contributed by atoms with van der Waals surface area (Å²) in [7, 11) is 0. The Hall–Kier alpha value is -0.530. The molecule has 0 rings (SSSR count). The zero-order chi connectivity index (χ0) is 6.24. The number of aliphatic hydroxyl groups excluding tert-OH is 1. The molecule has 0 aromatic carbocycles. The Bertz CT molecular complexity index is 61.5. The van der Waals surface area contributed by atoms with Crippen LogP contribution >= 0.6 is 0 Å². The minimum atomic E-state index is 0.893. The third kappa shape index (κ3) is 5.47. The van der Waals surface area contributed by atoms with Crippen LogP contribution in [0.3, 0.4) is 0 Å². The van der Waals surface area contributed by atoms with Gasteiger partial charge in [0.2, 0.25) is 0 Å². The minimum Gasteiger partial charge on any atom is -0.466 e.